The number of para-hydroxylation sites is 1. The van der Waals surface area contributed by atoms with Gasteiger partial charge >= 0.3 is 0 Å². The van der Waals surface area contributed by atoms with E-state index < -0.39 is 0 Å². The van der Waals surface area contributed by atoms with Crippen LogP contribution in [0.25, 0.3) is 10.9 Å². The molecule has 1 fully saturated rings. The first-order chi connectivity index (χ1) is 9.74. The second-order valence-electron chi connectivity index (χ2n) is 5.37. The molecule has 0 spiro atoms. The number of likely N-dealkylation sites (N-methyl/N-ethyl adjacent to an activating group) is 1. The van der Waals surface area contributed by atoms with Crippen LogP contribution in [0.15, 0.2) is 24.3 Å². The van der Waals surface area contributed by atoms with Crippen LogP contribution >= 0.6 is 11.6 Å². The second kappa shape index (κ2) is 5.94. The van der Waals surface area contributed by atoms with Gasteiger partial charge in [0.1, 0.15) is 5.82 Å². The predicted molar refractivity (Wildman–Crippen MR) is 83.3 cm³/mol. The molecule has 2 aromatic rings. The Bertz CT molecular complexity index is 601. The molecule has 1 aromatic carbocycles. The lowest BCUT2D eigenvalue weighted by molar-refractivity contribution is 0.194. The first kappa shape index (κ1) is 13.6. The van der Waals surface area contributed by atoms with Gasteiger partial charge in [-0.25, -0.2) is 9.97 Å². The number of hydrogen-bond donors (Lipinski definition) is 1. The summed E-state index contributed by atoms with van der Waals surface area (Å²) in [5, 5.41) is 4.77. The molecule has 0 saturated carbocycles. The van der Waals surface area contributed by atoms with E-state index in [2.05, 4.69) is 27.2 Å². The molecule has 1 unspecified atom stereocenters. The summed E-state index contributed by atoms with van der Waals surface area (Å²) in [5.74, 6) is 0.833. The average molecular weight is 291 g/mol. The Morgan fingerprint density at radius 2 is 2.15 bits per heavy atom. The van der Waals surface area contributed by atoms with Gasteiger partial charge in [-0.2, -0.15) is 0 Å². The summed E-state index contributed by atoms with van der Waals surface area (Å²) in [6.07, 6.45) is 3.84. The van der Waals surface area contributed by atoms with Gasteiger partial charge in [0.05, 0.1) is 5.52 Å². The van der Waals surface area contributed by atoms with Gasteiger partial charge in [-0.1, -0.05) is 18.6 Å². The minimum absolute atomic E-state index is 0.295. The Balaban J connectivity index is 1.80. The number of halogens is 1. The molecular weight excluding hydrogens is 272 g/mol. The highest BCUT2D eigenvalue weighted by Crippen LogP contribution is 2.22. The zero-order chi connectivity index (χ0) is 13.9. The summed E-state index contributed by atoms with van der Waals surface area (Å²) < 4.78 is 0. The van der Waals surface area contributed by atoms with Crippen molar-refractivity contribution < 1.29 is 0 Å². The summed E-state index contributed by atoms with van der Waals surface area (Å²) in [4.78, 5) is 11.0. The van der Waals surface area contributed by atoms with Gasteiger partial charge in [0, 0.05) is 18.0 Å². The fourth-order valence-corrected chi connectivity index (χ4v) is 2.98. The van der Waals surface area contributed by atoms with Gasteiger partial charge < -0.3 is 10.2 Å². The van der Waals surface area contributed by atoms with Crippen LogP contribution in [0.2, 0.25) is 5.28 Å². The summed E-state index contributed by atoms with van der Waals surface area (Å²) in [6.45, 7) is 2.07. The van der Waals surface area contributed by atoms with Gasteiger partial charge in [-0.3, -0.25) is 0 Å². The highest BCUT2D eigenvalue weighted by molar-refractivity contribution is 6.28. The molecule has 106 valence electrons. The van der Waals surface area contributed by atoms with E-state index in [1.54, 1.807) is 0 Å². The summed E-state index contributed by atoms with van der Waals surface area (Å²) in [6, 6.07) is 8.51. The topological polar surface area (TPSA) is 41.0 Å². The number of anilines is 1. The van der Waals surface area contributed by atoms with E-state index in [9.17, 15) is 0 Å². The Hall–Kier alpha value is -1.39. The van der Waals surface area contributed by atoms with Gasteiger partial charge in [-0.05, 0) is 50.2 Å². The van der Waals surface area contributed by atoms with Crippen molar-refractivity contribution in [3.8, 4) is 0 Å². The standard InChI is InChI=1S/C15H19ClN4/c1-20-9-5-4-6-11(20)10-17-14-12-7-2-3-8-13(12)18-15(16)19-14/h2-3,7-8,11H,4-6,9-10H2,1H3,(H,17,18,19). The molecular formula is C15H19ClN4. The van der Waals surface area contributed by atoms with Crippen LogP contribution in [-0.4, -0.2) is 41.0 Å². The molecule has 1 aliphatic heterocycles. The van der Waals surface area contributed by atoms with Crippen molar-refractivity contribution in [2.24, 2.45) is 0 Å². The zero-order valence-corrected chi connectivity index (χ0v) is 12.4. The van der Waals surface area contributed by atoms with E-state index in [1.165, 1.54) is 25.8 Å². The minimum atomic E-state index is 0.295. The van der Waals surface area contributed by atoms with Crippen molar-refractivity contribution in [3.63, 3.8) is 0 Å². The number of piperidine rings is 1. The molecule has 1 N–H and O–H groups in total. The molecule has 0 bridgehead atoms. The van der Waals surface area contributed by atoms with Gasteiger partial charge in [0.25, 0.3) is 0 Å². The van der Waals surface area contributed by atoms with Crippen LogP contribution in [0, 0.1) is 0 Å². The lowest BCUT2D eigenvalue weighted by Crippen LogP contribution is -2.40. The average Bonchev–Trinajstić information content (AvgIpc) is 2.46. The first-order valence-electron chi connectivity index (χ1n) is 7.10. The lowest BCUT2D eigenvalue weighted by Gasteiger charge is -2.32. The molecule has 0 radical (unpaired) electrons. The molecule has 0 amide bonds. The summed E-state index contributed by atoms with van der Waals surface area (Å²) >= 11 is 6.00. The maximum Gasteiger partial charge on any atom is 0.224 e. The van der Waals surface area contributed by atoms with Crippen molar-refractivity contribution >= 4 is 28.3 Å². The second-order valence-corrected chi connectivity index (χ2v) is 5.71. The van der Waals surface area contributed by atoms with Gasteiger partial charge in [-0.15, -0.1) is 0 Å². The molecule has 1 aromatic heterocycles. The molecule has 5 heteroatoms. The number of benzene rings is 1. The molecule has 20 heavy (non-hydrogen) atoms. The maximum absolute atomic E-state index is 6.00. The van der Waals surface area contributed by atoms with Gasteiger partial charge in [0.15, 0.2) is 0 Å². The Morgan fingerprint density at radius 1 is 1.30 bits per heavy atom. The molecule has 4 nitrogen and oxygen atoms in total. The SMILES string of the molecule is CN1CCCCC1CNc1nc(Cl)nc2ccccc12. The van der Waals surface area contributed by atoms with Crippen LogP contribution in [0.1, 0.15) is 19.3 Å². The van der Waals surface area contributed by atoms with E-state index in [0.717, 1.165) is 23.3 Å². The van der Waals surface area contributed by atoms with Crippen LogP contribution in [0.4, 0.5) is 5.82 Å². The highest BCUT2D eigenvalue weighted by Gasteiger charge is 2.19. The number of hydrogen-bond acceptors (Lipinski definition) is 4. The van der Waals surface area contributed by atoms with Crippen LogP contribution in [0.3, 0.4) is 0 Å². The first-order valence-corrected chi connectivity index (χ1v) is 7.48. The summed E-state index contributed by atoms with van der Waals surface area (Å²) in [5.41, 5.74) is 0.881. The number of rotatable bonds is 3. The normalized spacial score (nSPS) is 20.2. The maximum atomic E-state index is 6.00. The van der Waals surface area contributed by atoms with Crippen molar-refractivity contribution in [2.75, 3.05) is 25.5 Å². The lowest BCUT2D eigenvalue weighted by atomic mass is 10.0. The third-order valence-electron chi connectivity index (χ3n) is 4.00. The quantitative estimate of drug-likeness (QED) is 0.882. The fraction of sp³-hybridized carbons (Fsp3) is 0.467. The predicted octanol–water partition coefficient (Wildman–Crippen LogP) is 3.18. The Kier molecular flexibility index (Phi) is 4.03. The van der Waals surface area contributed by atoms with Crippen molar-refractivity contribution in [3.05, 3.63) is 29.5 Å². The van der Waals surface area contributed by atoms with E-state index in [0.29, 0.717) is 11.3 Å². The Labute approximate surface area is 124 Å². The highest BCUT2D eigenvalue weighted by atomic mass is 35.5. The van der Waals surface area contributed by atoms with E-state index in [4.69, 9.17) is 11.6 Å². The van der Waals surface area contributed by atoms with Crippen LogP contribution in [0.5, 0.6) is 0 Å². The fourth-order valence-electron chi connectivity index (χ4n) is 2.80. The molecule has 0 aliphatic carbocycles. The number of aromatic nitrogens is 2. The van der Waals surface area contributed by atoms with Crippen molar-refractivity contribution in [2.45, 2.75) is 25.3 Å². The van der Waals surface area contributed by atoms with Gasteiger partial charge in [0.2, 0.25) is 5.28 Å². The van der Waals surface area contributed by atoms with Crippen LogP contribution in [-0.2, 0) is 0 Å². The summed E-state index contributed by atoms with van der Waals surface area (Å²) in [7, 11) is 2.19. The molecule has 1 saturated heterocycles. The third-order valence-corrected chi connectivity index (χ3v) is 4.17. The Morgan fingerprint density at radius 3 is 3.00 bits per heavy atom. The van der Waals surface area contributed by atoms with Crippen LogP contribution < -0.4 is 5.32 Å². The molecule has 3 rings (SSSR count). The smallest absolute Gasteiger partial charge is 0.224 e. The van der Waals surface area contributed by atoms with Crippen molar-refractivity contribution in [1.82, 2.24) is 14.9 Å². The van der Waals surface area contributed by atoms with Crippen molar-refractivity contribution in [1.29, 1.82) is 0 Å². The third kappa shape index (κ3) is 2.86. The molecule has 1 atom stereocenters. The minimum Gasteiger partial charge on any atom is -0.368 e. The number of nitrogens with one attached hydrogen (secondary N) is 1. The number of fused-ring (bicyclic) bond motifs is 1. The largest absolute Gasteiger partial charge is 0.368 e. The number of likely N-dealkylation sites (tertiary alicyclic amines) is 1. The van der Waals surface area contributed by atoms with E-state index in [-0.39, 0.29) is 0 Å². The monoisotopic (exact) mass is 290 g/mol. The molecule has 2 heterocycles. The zero-order valence-electron chi connectivity index (χ0n) is 11.6. The molecule has 1 aliphatic rings. The number of nitrogens with zero attached hydrogens (tertiary/aromatic N) is 3. The van der Waals surface area contributed by atoms with E-state index in [1.807, 2.05) is 24.3 Å². The van der Waals surface area contributed by atoms with E-state index >= 15 is 0 Å².